The van der Waals surface area contributed by atoms with E-state index in [4.69, 9.17) is 15.2 Å². The van der Waals surface area contributed by atoms with E-state index in [1.807, 2.05) is 31.3 Å². The molecule has 2 heterocycles. The third-order valence-corrected chi connectivity index (χ3v) is 3.62. The fourth-order valence-corrected chi connectivity index (χ4v) is 2.46. The number of nitrogens with zero attached hydrogens (tertiary/aromatic N) is 2. The number of nitrogen functional groups attached to an aromatic ring is 1. The van der Waals surface area contributed by atoms with Crippen molar-refractivity contribution in [2.24, 2.45) is 0 Å². The van der Waals surface area contributed by atoms with Crippen LogP contribution in [0.25, 0.3) is 22.0 Å². The Morgan fingerprint density at radius 1 is 1.00 bits per heavy atom. The van der Waals surface area contributed by atoms with Crippen molar-refractivity contribution in [3.05, 3.63) is 36.5 Å². The number of benzene rings is 1. The van der Waals surface area contributed by atoms with Crippen LogP contribution >= 0.6 is 0 Å². The summed E-state index contributed by atoms with van der Waals surface area (Å²) in [5, 5.41) is 4.04. The van der Waals surface area contributed by atoms with E-state index in [0.717, 1.165) is 39.3 Å². The number of aromatic nitrogens is 2. The van der Waals surface area contributed by atoms with Crippen molar-refractivity contribution in [3.63, 3.8) is 0 Å². The molecule has 3 rings (SSSR count). The number of hydrogen-bond acceptors (Lipinski definition) is 6. The molecule has 0 fully saturated rings. The van der Waals surface area contributed by atoms with Gasteiger partial charge in [0.05, 0.1) is 19.7 Å². The summed E-state index contributed by atoms with van der Waals surface area (Å²) in [7, 11) is 5.09. The molecule has 3 aromatic rings. The van der Waals surface area contributed by atoms with Gasteiger partial charge in [0.1, 0.15) is 23.1 Å². The smallest absolute Gasteiger partial charge is 0.134 e. The van der Waals surface area contributed by atoms with Gasteiger partial charge >= 0.3 is 0 Å². The van der Waals surface area contributed by atoms with Crippen LogP contribution in [0.3, 0.4) is 0 Å². The topological polar surface area (TPSA) is 82.3 Å². The van der Waals surface area contributed by atoms with E-state index in [1.54, 1.807) is 26.5 Å². The molecule has 6 heteroatoms. The fourth-order valence-electron chi connectivity index (χ4n) is 2.46. The molecule has 0 aliphatic carbocycles. The van der Waals surface area contributed by atoms with E-state index in [0.29, 0.717) is 5.82 Å². The van der Waals surface area contributed by atoms with Gasteiger partial charge in [-0.05, 0) is 23.8 Å². The minimum absolute atomic E-state index is 0.447. The number of nitrogens with one attached hydrogen (secondary N) is 1. The van der Waals surface area contributed by atoms with E-state index in [9.17, 15) is 0 Å². The first-order chi connectivity index (χ1) is 11.1. The number of rotatable bonds is 4. The number of nitrogens with two attached hydrogens (primary N) is 1. The molecule has 2 aromatic heterocycles. The monoisotopic (exact) mass is 310 g/mol. The number of hydrogen-bond donors (Lipinski definition) is 2. The third kappa shape index (κ3) is 2.83. The molecule has 0 aliphatic rings. The molecule has 118 valence electrons. The Hall–Kier alpha value is -3.02. The van der Waals surface area contributed by atoms with E-state index in [-0.39, 0.29) is 0 Å². The van der Waals surface area contributed by atoms with Crippen LogP contribution in [-0.4, -0.2) is 31.2 Å². The first-order valence-corrected chi connectivity index (χ1v) is 7.12. The predicted octanol–water partition coefficient (Wildman–Crippen LogP) is 2.94. The van der Waals surface area contributed by atoms with Gasteiger partial charge in [0.25, 0.3) is 0 Å². The lowest BCUT2D eigenvalue weighted by atomic mass is 10.0. The highest BCUT2D eigenvalue weighted by Gasteiger charge is 2.11. The molecule has 6 nitrogen and oxygen atoms in total. The van der Waals surface area contributed by atoms with E-state index < -0.39 is 0 Å². The highest BCUT2D eigenvalue weighted by atomic mass is 16.5. The Morgan fingerprint density at radius 3 is 2.30 bits per heavy atom. The molecule has 0 amide bonds. The van der Waals surface area contributed by atoms with Gasteiger partial charge in [-0.25, -0.2) is 9.97 Å². The minimum Gasteiger partial charge on any atom is -0.497 e. The zero-order chi connectivity index (χ0) is 16.4. The van der Waals surface area contributed by atoms with Gasteiger partial charge in [-0.15, -0.1) is 0 Å². The molecule has 0 spiro atoms. The SMILES string of the molecule is CNc1nc2cc(N)ncc2cc1-c1cc(OC)cc(OC)c1. The molecule has 0 saturated carbocycles. The fraction of sp³-hybridized carbons (Fsp3) is 0.176. The maximum atomic E-state index is 5.74. The second-order valence-electron chi connectivity index (χ2n) is 5.04. The summed E-state index contributed by atoms with van der Waals surface area (Å²) in [5.74, 6) is 2.63. The van der Waals surface area contributed by atoms with Crippen LogP contribution in [0.15, 0.2) is 36.5 Å². The number of fused-ring (bicyclic) bond motifs is 1. The van der Waals surface area contributed by atoms with Crippen molar-refractivity contribution in [3.8, 4) is 22.6 Å². The Bertz CT molecular complexity index is 842. The normalized spacial score (nSPS) is 10.6. The van der Waals surface area contributed by atoms with Crippen LogP contribution in [0.4, 0.5) is 11.6 Å². The molecule has 3 N–H and O–H groups in total. The summed E-state index contributed by atoms with van der Waals surface area (Å²) in [6.07, 6.45) is 1.72. The van der Waals surface area contributed by atoms with Crippen molar-refractivity contribution < 1.29 is 9.47 Å². The summed E-state index contributed by atoms with van der Waals surface area (Å²) in [6, 6.07) is 9.49. The maximum absolute atomic E-state index is 5.74. The molecule has 0 bridgehead atoms. The summed E-state index contributed by atoms with van der Waals surface area (Å²) in [5.41, 5.74) is 8.40. The first-order valence-electron chi connectivity index (χ1n) is 7.12. The van der Waals surface area contributed by atoms with Crippen LogP contribution in [0.5, 0.6) is 11.5 Å². The number of ether oxygens (including phenoxy) is 2. The van der Waals surface area contributed by atoms with Gasteiger partial charge in [-0.2, -0.15) is 0 Å². The highest BCUT2D eigenvalue weighted by Crippen LogP contribution is 2.35. The number of pyridine rings is 2. The van der Waals surface area contributed by atoms with Crippen LogP contribution in [0.1, 0.15) is 0 Å². The maximum Gasteiger partial charge on any atom is 0.134 e. The van der Waals surface area contributed by atoms with Crippen molar-refractivity contribution in [2.45, 2.75) is 0 Å². The highest BCUT2D eigenvalue weighted by molar-refractivity contribution is 5.90. The van der Waals surface area contributed by atoms with E-state index in [1.165, 1.54) is 0 Å². The van der Waals surface area contributed by atoms with Gasteiger partial charge < -0.3 is 20.5 Å². The molecule has 1 aromatic carbocycles. The first kappa shape index (κ1) is 14.9. The van der Waals surface area contributed by atoms with Crippen LogP contribution < -0.4 is 20.5 Å². The molecule has 0 atom stereocenters. The predicted molar refractivity (Wildman–Crippen MR) is 92.0 cm³/mol. The van der Waals surface area contributed by atoms with Gasteiger partial charge in [-0.3, -0.25) is 0 Å². The molecular weight excluding hydrogens is 292 g/mol. The molecule has 0 saturated heterocycles. The molecule has 0 unspecified atom stereocenters. The Morgan fingerprint density at radius 2 is 1.70 bits per heavy atom. The van der Waals surface area contributed by atoms with Gasteiger partial charge in [0.2, 0.25) is 0 Å². The Labute approximate surface area is 134 Å². The van der Waals surface area contributed by atoms with Gasteiger partial charge in [0.15, 0.2) is 0 Å². The number of methoxy groups -OCH3 is 2. The van der Waals surface area contributed by atoms with Crippen LogP contribution in [0, 0.1) is 0 Å². The number of anilines is 2. The quantitative estimate of drug-likeness (QED) is 0.771. The summed E-state index contributed by atoms with van der Waals surface area (Å²) >= 11 is 0. The van der Waals surface area contributed by atoms with Gasteiger partial charge in [0, 0.05) is 36.3 Å². The molecular formula is C17H18N4O2. The van der Waals surface area contributed by atoms with Crippen LogP contribution in [-0.2, 0) is 0 Å². The van der Waals surface area contributed by atoms with Crippen LogP contribution in [0.2, 0.25) is 0 Å². The lowest BCUT2D eigenvalue weighted by Gasteiger charge is -2.13. The van der Waals surface area contributed by atoms with Crippen molar-refractivity contribution >= 4 is 22.5 Å². The minimum atomic E-state index is 0.447. The van der Waals surface area contributed by atoms with Crippen molar-refractivity contribution in [1.82, 2.24) is 9.97 Å². The largest absolute Gasteiger partial charge is 0.497 e. The standard InChI is InChI=1S/C17H18N4O2/c1-19-17-14(6-11-9-20-16(18)8-15(11)21-17)10-4-12(22-2)7-13(5-10)23-3/h4-9H,1-3H3,(H2,18,20)(H,19,21). The lowest BCUT2D eigenvalue weighted by molar-refractivity contribution is 0.394. The molecule has 23 heavy (non-hydrogen) atoms. The lowest BCUT2D eigenvalue weighted by Crippen LogP contribution is -1.98. The summed E-state index contributed by atoms with van der Waals surface area (Å²) in [4.78, 5) is 8.76. The van der Waals surface area contributed by atoms with Crippen molar-refractivity contribution in [2.75, 3.05) is 32.3 Å². The zero-order valence-electron chi connectivity index (χ0n) is 13.3. The Kier molecular flexibility index (Phi) is 3.89. The van der Waals surface area contributed by atoms with E-state index in [2.05, 4.69) is 15.3 Å². The van der Waals surface area contributed by atoms with Gasteiger partial charge in [-0.1, -0.05) is 0 Å². The summed E-state index contributed by atoms with van der Waals surface area (Å²) in [6.45, 7) is 0. The zero-order valence-corrected chi connectivity index (χ0v) is 13.3. The van der Waals surface area contributed by atoms with E-state index >= 15 is 0 Å². The summed E-state index contributed by atoms with van der Waals surface area (Å²) < 4.78 is 10.7. The average molecular weight is 310 g/mol. The Balaban J connectivity index is 2.24. The second kappa shape index (κ2) is 6.00. The molecule has 0 radical (unpaired) electrons. The molecule has 0 aliphatic heterocycles. The van der Waals surface area contributed by atoms with Crippen molar-refractivity contribution in [1.29, 1.82) is 0 Å². The second-order valence-corrected chi connectivity index (χ2v) is 5.04. The third-order valence-electron chi connectivity index (χ3n) is 3.62. The average Bonchev–Trinajstić information content (AvgIpc) is 2.59.